The molecule has 2 atom stereocenters. The lowest BCUT2D eigenvalue weighted by Crippen LogP contribution is -2.51. The Morgan fingerprint density at radius 3 is 2.62 bits per heavy atom. The number of nitrogens with zero attached hydrogens (tertiary/aromatic N) is 1. The number of benzene rings is 1. The third-order valence-electron chi connectivity index (χ3n) is 3.67. The number of nitrogens with one attached hydrogen (secondary N) is 1. The number of aliphatic hydroxyl groups is 1. The second-order valence-corrected chi connectivity index (χ2v) is 5.43. The summed E-state index contributed by atoms with van der Waals surface area (Å²) in [6.45, 7) is 1.96. The van der Waals surface area contributed by atoms with Gasteiger partial charge >= 0.3 is 0 Å². The van der Waals surface area contributed by atoms with Crippen LogP contribution in [0.25, 0.3) is 0 Å². The van der Waals surface area contributed by atoms with Crippen molar-refractivity contribution in [1.82, 2.24) is 5.32 Å². The maximum Gasteiger partial charge on any atom is 0.251 e. The first kappa shape index (κ1) is 15.5. The number of hydrogen-bond acceptors (Lipinski definition) is 3. The number of amides is 2. The maximum absolute atomic E-state index is 12.1. The largest absolute Gasteiger partial charge is 0.381 e. The van der Waals surface area contributed by atoms with Crippen molar-refractivity contribution in [2.24, 2.45) is 0 Å². The fourth-order valence-corrected chi connectivity index (χ4v) is 2.36. The normalized spacial score (nSPS) is 16.9. The van der Waals surface area contributed by atoms with Crippen molar-refractivity contribution in [3.63, 3.8) is 0 Å². The van der Waals surface area contributed by atoms with Gasteiger partial charge in [-0.25, -0.2) is 0 Å². The van der Waals surface area contributed by atoms with Crippen LogP contribution in [0.15, 0.2) is 30.3 Å². The van der Waals surface area contributed by atoms with Crippen LogP contribution in [0, 0.1) is 0 Å². The number of para-hydroxylation sites is 1. The van der Waals surface area contributed by atoms with E-state index in [0.717, 1.165) is 19.3 Å². The van der Waals surface area contributed by atoms with Crippen molar-refractivity contribution >= 4 is 18.0 Å². The molecule has 21 heavy (non-hydrogen) atoms. The third-order valence-corrected chi connectivity index (χ3v) is 3.67. The molecular formula is C16H22N2O3. The fraction of sp³-hybridized carbons (Fsp3) is 0.500. The van der Waals surface area contributed by atoms with Gasteiger partial charge in [-0.1, -0.05) is 31.5 Å². The van der Waals surface area contributed by atoms with Crippen LogP contribution in [-0.2, 0) is 9.59 Å². The molecule has 5 nitrogen and oxygen atoms in total. The molecule has 1 aliphatic carbocycles. The van der Waals surface area contributed by atoms with Crippen molar-refractivity contribution in [2.45, 2.75) is 50.8 Å². The van der Waals surface area contributed by atoms with E-state index in [-0.39, 0.29) is 6.04 Å². The number of rotatable bonds is 8. The summed E-state index contributed by atoms with van der Waals surface area (Å²) in [5.74, 6) is -0.390. The summed E-state index contributed by atoms with van der Waals surface area (Å²) in [5, 5.41) is 13.1. The Kier molecular flexibility index (Phi) is 5.33. The lowest BCUT2D eigenvalue weighted by molar-refractivity contribution is -0.130. The maximum atomic E-state index is 12.1. The van der Waals surface area contributed by atoms with E-state index < -0.39 is 18.1 Å². The van der Waals surface area contributed by atoms with Gasteiger partial charge in [-0.3, -0.25) is 9.59 Å². The summed E-state index contributed by atoms with van der Waals surface area (Å²) in [6.07, 6.45) is 2.74. The zero-order chi connectivity index (χ0) is 15.2. The van der Waals surface area contributed by atoms with Crippen LogP contribution >= 0.6 is 0 Å². The molecule has 0 spiro atoms. The smallest absolute Gasteiger partial charge is 0.251 e. The molecule has 0 bridgehead atoms. The summed E-state index contributed by atoms with van der Waals surface area (Å²) in [7, 11) is 0. The second kappa shape index (κ2) is 7.22. The number of hydrogen-bond donors (Lipinski definition) is 2. The molecule has 2 N–H and O–H groups in total. The number of anilines is 1. The van der Waals surface area contributed by atoms with Gasteiger partial charge in [0.2, 0.25) is 6.41 Å². The molecule has 2 unspecified atom stereocenters. The SMILES string of the molecule is CCCC(C(O)C(=O)NC1CC1)N(C=O)c1ccccc1. The second-order valence-electron chi connectivity index (χ2n) is 5.43. The average molecular weight is 290 g/mol. The summed E-state index contributed by atoms with van der Waals surface area (Å²) in [5.41, 5.74) is 0.684. The van der Waals surface area contributed by atoms with E-state index in [1.807, 2.05) is 25.1 Å². The Labute approximate surface area is 125 Å². The first-order valence-corrected chi connectivity index (χ1v) is 7.44. The average Bonchev–Trinajstić information content (AvgIpc) is 3.31. The molecule has 2 amide bonds. The monoisotopic (exact) mass is 290 g/mol. The fourth-order valence-electron chi connectivity index (χ4n) is 2.36. The van der Waals surface area contributed by atoms with Gasteiger partial charge in [0.1, 0.15) is 0 Å². The molecule has 1 fully saturated rings. The van der Waals surface area contributed by atoms with Crippen molar-refractivity contribution in [2.75, 3.05) is 4.90 Å². The van der Waals surface area contributed by atoms with Crippen LogP contribution in [0.2, 0.25) is 0 Å². The Morgan fingerprint density at radius 1 is 1.43 bits per heavy atom. The van der Waals surface area contributed by atoms with Crippen LogP contribution in [0.1, 0.15) is 32.6 Å². The molecule has 2 rings (SSSR count). The van der Waals surface area contributed by atoms with E-state index in [4.69, 9.17) is 0 Å². The summed E-state index contributed by atoms with van der Waals surface area (Å²) < 4.78 is 0. The molecule has 0 aliphatic heterocycles. The van der Waals surface area contributed by atoms with Gasteiger partial charge in [0, 0.05) is 11.7 Å². The van der Waals surface area contributed by atoms with Gasteiger partial charge in [0.05, 0.1) is 6.04 Å². The molecule has 0 heterocycles. The zero-order valence-corrected chi connectivity index (χ0v) is 12.2. The minimum Gasteiger partial charge on any atom is -0.381 e. The van der Waals surface area contributed by atoms with Crippen LogP contribution in [-0.4, -0.2) is 35.6 Å². The summed E-state index contributed by atoms with van der Waals surface area (Å²) in [6, 6.07) is 8.74. The lowest BCUT2D eigenvalue weighted by Gasteiger charge is -2.31. The van der Waals surface area contributed by atoms with Crippen LogP contribution in [0.4, 0.5) is 5.69 Å². The van der Waals surface area contributed by atoms with Crippen LogP contribution in [0.5, 0.6) is 0 Å². The number of carbonyl (C=O) groups is 2. The van der Waals surface area contributed by atoms with Gasteiger partial charge in [0.15, 0.2) is 6.10 Å². The Morgan fingerprint density at radius 2 is 2.10 bits per heavy atom. The third kappa shape index (κ3) is 4.04. The highest BCUT2D eigenvalue weighted by Crippen LogP contribution is 2.22. The highest BCUT2D eigenvalue weighted by molar-refractivity contribution is 5.85. The first-order chi connectivity index (χ1) is 10.2. The Balaban J connectivity index is 2.14. The van der Waals surface area contributed by atoms with Crippen molar-refractivity contribution < 1.29 is 14.7 Å². The van der Waals surface area contributed by atoms with Gasteiger partial charge in [-0.15, -0.1) is 0 Å². The summed E-state index contributed by atoms with van der Waals surface area (Å²) in [4.78, 5) is 25.0. The van der Waals surface area contributed by atoms with E-state index in [0.29, 0.717) is 18.5 Å². The van der Waals surface area contributed by atoms with Crippen molar-refractivity contribution in [1.29, 1.82) is 0 Å². The number of carbonyl (C=O) groups excluding carboxylic acids is 2. The highest BCUT2D eigenvalue weighted by atomic mass is 16.3. The molecule has 0 aromatic heterocycles. The predicted molar refractivity (Wildman–Crippen MR) is 80.9 cm³/mol. The first-order valence-electron chi connectivity index (χ1n) is 7.44. The van der Waals surface area contributed by atoms with E-state index in [1.54, 1.807) is 12.1 Å². The molecule has 114 valence electrons. The molecular weight excluding hydrogens is 268 g/mol. The topological polar surface area (TPSA) is 69.6 Å². The standard InChI is InChI=1S/C16H22N2O3/c1-2-6-14(15(20)16(21)17-12-9-10-12)18(11-19)13-7-4-3-5-8-13/h3-5,7-8,11-12,14-15,20H,2,6,9-10H2,1H3,(H,17,21). The van der Waals surface area contributed by atoms with Crippen molar-refractivity contribution in [3.8, 4) is 0 Å². The van der Waals surface area contributed by atoms with Crippen molar-refractivity contribution in [3.05, 3.63) is 30.3 Å². The quantitative estimate of drug-likeness (QED) is 0.712. The zero-order valence-electron chi connectivity index (χ0n) is 12.2. The minimum absolute atomic E-state index is 0.191. The van der Waals surface area contributed by atoms with Crippen LogP contribution < -0.4 is 10.2 Å². The van der Waals surface area contributed by atoms with Gasteiger partial charge in [0.25, 0.3) is 5.91 Å². The molecule has 0 radical (unpaired) electrons. The molecule has 1 aromatic carbocycles. The highest BCUT2D eigenvalue weighted by Gasteiger charge is 2.33. The molecule has 0 saturated heterocycles. The van der Waals surface area contributed by atoms with Gasteiger partial charge in [-0.2, -0.15) is 0 Å². The minimum atomic E-state index is -1.21. The van der Waals surface area contributed by atoms with E-state index >= 15 is 0 Å². The molecule has 1 aliphatic rings. The Hall–Kier alpha value is -1.88. The lowest BCUT2D eigenvalue weighted by atomic mass is 10.0. The van der Waals surface area contributed by atoms with Gasteiger partial charge < -0.3 is 15.3 Å². The Bertz CT molecular complexity index is 474. The molecule has 1 saturated carbocycles. The van der Waals surface area contributed by atoms with E-state index in [1.165, 1.54) is 4.90 Å². The van der Waals surface area contributed by atoms with E-state index in [2.05, 4.69) is 5.32 Å². The van der Waals surface area contributed by atoms with E-state index in [9.17, 15) is 14.7 Å². The molecule has 1 aromatic rings. The van der Waals surface area contributed by atoms with Crippen LogP contribution in [0.3, 0.4) is 0 Å². The molecule has 5 heteroatoms. The number of aliphatic hydroxyl groups excluding tert-OH is 1. The van der Waals surface area contributed by atoms with Gasteiger partial charge in [-0.05, 0) is 31.4 Å². The predicted octanol–water partition coefficient (Wildman–Crippen LogP) is 1.46. The summed E-state index contributed by atoms with van der Waals surface area (Å²) >= 11 is 0.